The Morgan fingerprint density at radius 1 is 0.280 bits per heavy atom. The van der Waals surface area contributed by atoms with Crippen LogP contribution in [0.1, 0.15) is 0 Å². The number of hydrogen-bond donors (Lipinski definition) is 12. The van der Waals surface area contributed by atoms with Crippen molar-refractivity contribution in [1.82, 2.24) is 0 Å². The average Bonchev–Trinajstić information content (AvgIpc) is 2.08. The molecule has 0 rings (SSSR count). The van der Waals surface area contributed by atoms with Crippen LogP contribution in [0.2, 0.25) is 0 Å². The summed E-state index contributed by atoms with van der Waals surface area (Å²) < 4.78 is 0. The molecule has 0 amide bonds. The zero-order valence-corrected chi connectivity index (χ0v) is 10.8. The van der Waals surface area contributed by atoms with Crippen LogP contribution in [0.4, 0.5) is 28.8 Å². The lowest BCUT2D eigenvalue weighted by Crippen LogP contribution is -1.81. The van der Waals surface area contributed by atoms with Gasteiger partial charge in [-0.25, -0.2) is 28.8 Å². The molecule has 0 unspecified atom stereocenters. The Balaban J connectivity index is -0.0000000309. The zero-order valence-electron chi connectivity index (χ0n) is 10.8. The van der Waals surface area contributed by atoms with Crippen LogP contribution >= 0.6 is 0 Å². The van der Waals surface area contributed by atoms with Gasteiger partial charge in [0.15, 0.2) is 0 Å². The van der Waals surface area contributed by atoms with Gasteiger partial charge in [0.05, 0.1) is 0 Å². The topological polar surface area (TPSA) is 345 Å². The van der Waals surface area contributed by atoms with E-state index in [1.165, 1.54) is 0 Å². The van der Waals surface area contributed by atoms with Gasteiger partial charge >= 0.3 is 60.0 Å². The zero-order chi connectivity index (χ0) is 21.5. The van der Waals surface area contributed by atoms with Crippen molar-refractivity contribution in [2.24, 2.45) is 0 Å². The lowest BCUT2D eigenvalue weighted by atomic mass is 11.5. The first-order valence-corrected chi connectivity index (χ1v) is 3.91. The predicted octanol–water partition coefficient (Wildman–Crippen LogP) is 0.418. The average molecular weight is 398 g/mol. The van der Waals surface area contributed by atoms with Crippen LogP contribution in [-0.2, 0) is 0 Å². The van der Waals surface area contributed by atoms with E-state index in [4.69, 9.17) is 90.0 Å². The summed E-state index contributed by atoms with van der Waals surface area (Å²) in [6.45, 7) is 0. The minimum atomic E-state index is -1.83. The van der Waals surface area contributed by atoms with Crippen LogP contribution in [0.5, 0.6) is 0 Å². The smallest absolute Gasteiger partial charge is 0.450 e. The second kappa shape index (κ2) is 37.0. The fourth-order valence-electron chi connectivity index (χ4n) is 0. The Morgan fingerprint density at radius 2 is 0.280 bits per heavy atom. The molecular formula is C6H14MgO18. The number of hydrogen-bond acceptors (Lipinski definition) is 6. The first-order chi connectivity index (χ1) is 10.4. The molecule has 0 atom stereocenters. The number of carboxylic acid groups (broad SMARTS) is 12. The van der Waals surface area contributed by atoms with E-state index in [0.29, 0.717) is 0 Å². The van der Waals surface area contributed by atoms with Crippen LogP contribution in [0, 0.1) is 0 Å². The van der Waals surface area contributed by atoms with E-state index in [0.717, 1.165) is 0 Å². The Bertz CT molecular complexity index is 257. The van der Waals surface area contributed by atoms with E-state index in [2.05, 4.69) is 0 Å². The van der Waals surface area contributed by atoms with Crippen molar-refractivity contribution < 1.29 is 90.0 Å². The van der Waals surface area contributed by atoms with Crippen LogP contribution in [-0.4, -0.2) is 121 Å². The third-order valence-corrected chi connectivity index (χ3v) is 0. The first kappa shape index (κ1) is 42.9. The van der Waals surface area contributed by atoms with Crippen molar-refractivity contribution in [1.29, 1.82) is 0 Å². The number of rotatable bonds is 0. The second-order valence-corrected chi connectivity index (χ2v) is 1.70. The maximum Gasteiger partial charge on any atom is 0.503 e. The van der Waals surface area contributed by atoms with Crippen molar-refractivity contribution in [2.45, 2.75) is 0 Å². The van der Waals surface area contributed by atoms with Crippen LogP contribution in [0.15, 0.2) is 0 Å². The van der Waals surface area contributed by atoms with E-state index >= 15 is 0 Å². The molecule has 0 saturated heterocycles. The summed E-state index contributed by atoms with van der Waals surface area (Å²) in [5, 5.41) is 83.7. The lowest BCUT2D eigenvalue weighted by molar-refractivity contribution is 0.135. The van der Waals surface area contributed by atoms with Gasteiger partial charge in [-0.1, -0.05) is 0 Å². The molecule has 0 aliphatic carbocycles. The molecule has 19 heteroatoms. The van der Waals surface area contributed by atoms with E-state index in [1.54, 1.807) is 0 Å². The summed E-state index contributed by atoms with van der Waals surface area (Å²) in [5.41, 5.74) is 0. The molecule has 0 aliphatic rings. The molecule has 0 aromatic carbocycles. The van der Waals surface area contributed by atoms with Crippen molar-refractivity contribution in [3.8, 4) is 0 Å². The highest BCUT2D eigenvalue weighted by Crippen LogP contribution is 1.44. The van der Waals surface area contributed by atoms with E-state index in [-0.39, 0.29) is 23.1 Å². The third kappa shape index (κ3) is 528. The molecule has 0 aromatic heterocycles. The quantitative estimate of drug-likeness (QED) is 0.245. The lowest BCUT2D eigenvalue weighted by Gasteiger charge is -1.60. The summed E-state index contributed by atoms with van der Waals surface area (Å²) in [4.78, 5) is 51.3. The van der Waals surface area contributed by atoms with Crippen molar-refractivity contribution in [3.05, 3.63) is 0 Å². The van der Waals surface area contributed by atoms with Crippen LogP contribution in [0.3, 0.4) is 0 Å². The molecule has 0 fully saturated rings. The standard InChI is InChI=1S/6CH2O3.Mg.2H/c6*2-1(3)4;;;/h6*(H2,2,3,4);;;. The molecule has 25 heavy (non-hydrogen) atoms. The van der Waals surface area contributed by atoms with Crippen LogP contribution in [0.25, 0.3) is 0 Å². The fraction of sp³-hybridized carbons (Fsp3) is 0. The maximum absolute atomic E-state index is 8.56. The molecule has 0 bridgehead atoms. The van der Waals surface area contributed by atoms with Gasteiger partial charge in [-0.05, 0) is 0 Å². The highest BCUT2D eigenvalue weighted by molar-refractivity contribution is 5.75. The Labute approximate surface area is 150 Å². The Kier molecular flexibility index (Phi) is 63.6. The molecule has 0 radical (unpaired) electrons. The first-order valence-electron chi connectivity index (χ1n) is 3.91. The molecule has 148 valence electrons. The summed E-state index contributed by atoms with van der Waals surface area (Å²) >= 11 is 0. The minimum Gasteiger partial charge on any atom is -0.450 e. The Hall–Kier alpha value is -3.61. The normalized spacial score (nSPS) is 5.76. The number of carbonyl (C=O) groups is 6. The second-order valence-electron chi connectivity index (χ2n) is 1.70. The minimum absolute atomic E-state index is 0. The van der Waals surface area contributed by atoms with Gasteiger partial charge in [-0.3, -0.25) is 0 Å². The summed E-state index contributed by atoms with van der Waals surface area (Å²) in [6.07, 6.45) is -11.0. The maximum atomic E-state index is 8.56. The molecule has 12 N–H and O–H groups in total. The fourth-order valence-corrected chi connectivity index (χ4v) is 0. The van der Waals surface area contributed by atoms with Crippen LogP contribution < -0.4 is 0 Å². The molecule has 0 heterocycles. The predicted molar refractivity (Wildman–Crippen MR) is 72.5 cm³/mol. The molecule has 18 nitrogen and oxygen atoms in total. The summed E-state index contributed by atoms with van der Waals surface area (Å²) in [7, 11) is 0. The van der Waals surface area contributed by atoms with Gasteiger partial charge in [0, 0.05) is 0 Å². The third-order valence-electron chi connectivity index (χ3n) is 0. The molecule has 0 saturated carbocycles. The highest BCUT2D eigenvalue weighted by Gasteiger charge is 1.71. The molecule has 0 aromatic rings. The summed E-state index contributed by atoms with van der Waals surface area (Å²) in [5.74, 6) is 0. The molecular weight excluding hydrogens is 384 g/mol. The van der Waals surface area contributed by atoms with E-state index < -0.39 is 36.9 Å². The summed E-state index contributed by atoms with van der Waals surface area (Å²) in [6, 6.07) is 0. The largest absolute Gasteiger partial charge is 0.503 e. The molecule has 0 spiro atoms. The SMILES string of the molecule is O=C(O)O.O=C(O)O.O=C(O)O.O=C(O)O.O=C(O)O.O=C(O)O.[MgH2]. The van der Waals surface area contributed by atoms with Crippen molar-refractivity contribution in [3.63, 3.8) is 0 Å². The molecule has 0 aliphatic heterocycles. The van der Waals surface area contributed by atoms with E-state index in [9.17, 15) is 0 Å². The van der Waals surface area contributed by atoms with Gasteiger partial charge in [0.2, 0.25) is 0 Å². The monoisotopic (exact) mass is 398 g/mol. The van der Waals surface area contributed by atoms with Gasteiger partial charge < -0.3 is 61.3 Å². The van der Waals surface area contributed by atoms with E-state index in [1.807, 2.05) is 0 Å². The Morgan fingerprint density at radius 3 is 0.280 bits per heavy atom. The van der Waals surface area contributed by atoms with Gasteiger partial charge in [-0.15, -0.1) is 0 Å². The van der Waals surface area contributed by atoms with Crippen molar-refractivity contribution in [2.75, 3.05) is 0 Å². The highest BCUT2D eigenvalue weighted by atomic mass is 24.3. The van der Waals surface area contributed by atoms with Crippen molar-refractivity contribution >= 4 is 60.0 Å². The van der Waals surface area contributed by atoms with Gasteiger partial charge in [-0.2, -0.15) is 0 Å². The van der Waals surface area contributed by atoms with Gasteiger partial charge in [0.1, 0.15) is 0 Å². The van der Waals surface area contributed by atoms with Gasteiger partial charge in [0.25, 0.3) is 0 Å².